The minimum Gasteiger partial charge on any atom is -0.487 e. The van der Waals surface area contributed by atoms with Crippen molar-refractivity contribution in [1.29, 1.82) is 0 Å². The van der Waals surface area contributed by atoms with Crippen LogP contribution in [-0.2, 0) is 18.1 Å². The molecule has 0 amide bonds. The third kappa shape index (κ3) is 4.89. The van der Waals surface area contributed by atoms with Crippen molar-refractivity contribution < 1.29 is 14.3 Å². The molecule has 4 rings (SSSR count). The molecule has 0 radical (unpaired) electrons. The zero-order valence-corrected chi connectivity index (χ0v) is 20.1. The van der Waals surface area contributed by atoms with Gasteiger partial charge in [0, 0.05) is 0 Å². The summed E-state index contributed by atoms with van der Waals surface area (Å²) in [4.78, 5) is 24.8. The predicted molar refractivity (Wildman–Crippen MR) is 127 cm³/mol. The molecule has 0 N–H and O–H groups in total. The standard InChI is InChI=1S/C23H17Br2N3O4/c1-14-10-18(24)21(19(25)11-14)31-12-15-6-8-16(9-7-15)23(30)32-13-28-22(29)17-4-2-3-5-20(17)26-27-28/h2-11H,12-13H2,1H3. The van der Waals surface area contributed by atoms with Crippen molar-refractivity contribution >= 4 is 48.7 Å². The van der Waals surface area contributed by atoms with Crippen LogP contribution in [0.2, 0.25) is 0 Å². The molecule has 0 saturated carbocycles. The second-order valence-electron chi connectivity index (χ2n) is 7.02. The van der Waals surface area contributed by atoms with Crippen LogP contribution in [0.25, 0.3) is 10.9 Å². The lowest BCUT2D eigenvalue weighted by Crippen LogP contribution is -2.26. The molecule has 0 aliphatic heterocycles. The van der Waals surface area contributed by atoms with Gasteiger partial charge in [-0.2, -0.15) is 4.68 Å². The first kappa shape index (κ1) is 22.2. The van der Waals surface area contributed by atoms with Gasteiger partial charge in [0.2, 0.25) is 0 Å². The van der Waals surface area contributed by atoms with Gasteiger partial charge in [-0.25, -0.2) is 4.79 Å². The average Bonchev–Trinajstić information content (AvgIpc) is 2.78. The summed E-state index contributed by atoms with van der Waals surface area (Å²) in [6.07, 6.45) is 0. The zero-order chi connectivity index (χ0) is 22.7. The highest BCUT2D eigenvalue weighted by atomic mass is 79.9. The summed E-state index contributed by atoms with van der Waals surface area (Å²) in [5, 5.41) is 8.19. The lowest BCUT2D eigenvalue weighted by Gasteiger charge is -2.12. The highest BCUT2D eigenvalue weighted by molar-refractivity contribution is 9.11. The van der Waals surface area contributed by atoms with Crippen LogP contribution in [0.3, 0.4) is 0 Å². The highest BCUT2D eigenvalue weighted by Crippen LogP contribution is 2.35. The molecular formula is C23H17Br2N3O4. The first-order chi connectivity index (χ1) is 15.4. The second kappa shape index (κ2) is 9.62. The van der Waals surface area contributed by atoms with E-state index in [1.165, 1.54) is 0 Å². The van der Waals surface area contributed by atoms with E-state index < -0.39 is 5.97 Å². The predicted octanol–water partition coefficient (Wildman–Crippen LogP) is 5.02. The third-order valence-electron chi connectivity index (χ3n) is 4.66. The SMILES string of the molecule is Cc1cc(Br)c(OCc2ccc(C(=O)OCn3nnc4ccccc4c3=O)cc2)c(Br)c1. The fourth-order valence-corrected chi connectivity index (χ4v) is 4.67. The van der Waals surface area contributed by atoms with Crippen LogP contribution in [-0.4, -0.2) is 21.0 Å². The summed E-state index contributed by atoms with van der Waals surface area (Å²) in [6.45, 7) is 2.01. The van der Waals surface area contributed by atoms with Gasteiger partial charge in [0.1, 0.15) is 17.9 Å². The molecule has 0 aliphatic rings. The minimum absolute atomic E-state index is 0.324. The zero-order valence-electron chi connectivity index (χ0n) is 16.9. The molecule has 9 heteroatoms. The van der Waals surface area contributed by atoms with E-state index in [1.54, 1.807) is 48.5 Å². The number of halogens is 2. The van der Waals surface area contributed by atoms with Gasteiger partial charge in [-0.15, -0.1) is 5.10 Å². The normalized spacial score (nSPS) is 10.8. The number of benzene rings is 3. The van der Waals surface area contributed by atoms with Crippen molar-refractivity contribution in [2.75, 3.05) is 0 Å². The Bertz CT molecular complexity index is 1330. The molecule has 4 aromatic rings. The lowest BCUT2D eigenvalue weighted by atomic mass is 10.1. The Hall–Kier alpha value is -3.04. The van der Waals surface area contributed by atoms with Crippen LogP contribution in [0.5, 0.6) is 5.75 Å². The molecule has 3 aromatic carbocycles. The molecule has 7 nitrogen and oxygen atoms in total. The molecule has 1 aromatic heterocycles. The maximum absolute atomic E-state index is 12.4. The number of carbonyl (C=O) groups is 1. The van der Waals surface area contributed by atoms with Gasteiger partial charge in [-0.05, 0) is 86.3 Å². The maximum atomic E-state index is 12.4. The largest absolute Gasteiger partial charge is 0.487 e. The fourth-order valence-electron chi connectivity index (χ4n) is 3.03. The summed E-state index contributed by atoms with van der Waals surface area (Å²) in [6, 6.07) is 17.7. The van der Waals surface area contributed by atoms with E-state index in [-0.39, 0.29) is 12.3 Å². The number of hydrogen-bond acceptors (Lipinski definition) is 6. The number of aryl methyl sites for hydroxylation is 1. The summed E-state index contributed by atoms with van der Waals surface area (Å²) in [5.74, 6) is 0.143. The van der Waals surface area contributed by atoms with Crippen LogP contribution in [0.4, 0.5) is 0 Å². The van der Waals surface area contributed by atoms with Crippen molar-refractivity contribution in [3.8, 4) is 5.75 Å². The van der Waals surface area contributed by atoms with Gasteiger partial charge in [0.05, 0.1) is 19.9 Å². The van der Waals surface area contributed by atoms with Crippen molar-refractivity contribution in [2.24, 2.45) is 0 Å². The number of esters is 1. The van der Waals surface area contributed by atoms with Gasteiger partial charge in [-0.3, -0.25) is 4.79 Å². The number of aromatic nitrogens is 3. The van der Waals surface area contributed by atoms with Crippen LogP contribution in [0.15, 0.2) is 74.4 Å². The Kier molecular flexibility index (Phi) is 6.66. The summed E-state index contributed by atoms with van der Waals surface area (Å²) < 4.78 is 13.9. The van der Waals surface area contributed by atoms with Crippen LogP contribution in [0, 0.1) is 6.92 Å². The number of carbonyl (C=O) groups excluding carboxylic acids is 1. The van der Waals surface area contributed by atoms with Crippen molar-refractivity contribution in [1.82, 2.24) is 15.0 Å². The molecule has 0 bridgehead atoms. The van der Waals surface area contributed by atoms with E-state index in [9.17, 15) is 9.59 Å². The summed E-state index contributed by atoms with van der Waals surface area (Å²) in [5.41, 5.74) is 2.47. The summed E-state index contributed by atoms with van der Waals surface area (Å²) >= 11 is 7.01. The third-order valence-corrected chi connectivity index (χ3v) is 5.84. The van der Waals surface area contributed by atoms with E-state index in [2.05, 4.69) is 42.2 Å². The first-order valence-corrected chi connectivity index (χ1v) is 11.2. The van der Waals surface area contributed by atoms with Crippen molar-refractivity contribution in [3.63, 3.8) is 0 Å². The van der Waals surface area contributed by atoms with Gasteiger partial charge in [0.25, 0.3) is 5.56 Å². The van der Waals surface area contributed by atoms with E-state index in [0.29, 0.717) is 28.8 Å². The van der Waals surface area contributed by atoms with E-state index >= 15 is 0 Å². The smallest absolute Gasteiger partial charge is 0.339 e. The molecule has 0 atom stereocenters. The quantitative estimate of drug-likeness (QED) is 0.309. The molecule has 1 heterocycles. The highest BCUT2D eigenvalue weighted by Gasteiger charge is 2.11. The molecule has 32 heavy (non-hydrogen) atoms. The Morgan fingerprint density at radius 1 is 1.03 bits per heavy atom. The van der Waals surface area contributed by atoms with Gasteiger partial charge in [0.15, 0.2) is 6.73 Å². The van der Waals surface area contributed by atoms with E-state index in [4.69, 9.17) is 9.47 Å². The first-order valence-electron chi connectivity index (χ1n) is 9.59. The summed E-state index contributed by atoms with van der Waals surface area (Å²) in [7, 11) is 0. The fraction of sp³-hybridized carbons (Fsp3) is 0.130. The van der Waals surface area contributed by atoms with Gasteiger partial charge >= 0.3 is 5.97 Å². The van der Waals surface area contributed by atoms with Crippen LogP contribution in [0.1, 0.15) is 21.5 Å². The van der Waals surface area contributed by atoms with Crippen LogP contribution >= 0.6 is 31.9 Å². The number of rotatable bonds is 6. The lowest BCUT2D eigenvalue weighted by molar-refractivity contribution is 0.0336. The Labute approximate surface area is 200 Å². The molecular weight excluding hydrogens is 542 g/mol. The van der Waals surface area contributed by atoms with Crippen LogP contribution < -0.4 is 10.3 Å². The number of fused-ring (bicyclic) bond motifs is 1. The van der Waals surface area contributed by atoms with Gasteiger partial charge in [-0.1, -0.05) is 29.5 Å². The van der Waals surface area contributed by atoms with Gasteiger partial charge < -0.3 is 9.47 Å². The van der Waals surface area contributed by atoms with Crippen molar-refractivity contribution in [2.45, 2.75) is 20.3 Å². The Morgan fingerprint density at radius 2 is 1.72 bits per heavy atom. The molecule has 0 fully saturated rings. The second-order valence-corrected chi connectivity index (χ2v) is 8.72. The number of nitrogens with zero attached hydrogens (tertiary/aromatic N) is 3. The molecule has 0 aliphatic carbocycles. The maximum Gasteiger partial charge on any atom is 0.339 e. The topological polar surface area (TPSA) is 83.3 Å². The van der Waals surface area contributed by atoms with E-state index in [1.807, 2.05) is 19.1 Å². The molecule has 0 spiro atoms. The molecule has 0 unspecified atom stereocenters. The average molecular weight is 559 g/mol. The minimum atomic E-state index is -0.566. The number of ether oxygens (including phenoxy) is 2. The molecule has 0 saturated heterocycles. The van der Waals surface area contributed by atoms with E-state index in [0.717, 1.165) is 24.8 Å². The Balaban J connectivity index is 1.38. The monoisotopic (exact) mass is 557 g/mol. The number of hydrogen-bond donors (Lipinski definition) is 0. The molecule has 162 valence electrons. The Morgan fingerprint density at radius 3 is 2.44 bits per heavy atom. The van der Waals surface area contributed by atoms with Crippen molar-refractivity contribution in [3.05, 3.63) is 96.7 Å².